The molecular weight excluding hydrogens is 386 g/mol. The van der Waals surface area contributed by atoms with Gasteiger partial charge in [-0.15, -0.1) is 5.10 Å². The van der Waals surface area contributed by atoms with E-state index in [1.807, 2.05) is 29.8 Å². The first-order chi connectivity index (χ1) is 14.2. The minimum Gasteiger partial charge on any atom is -0.379 e. The Kier molecular flexibility index (Phi) is 5.34. The number of hydrogen-bond donors (Lipinski definition) is 2. The summed E-state index contributed by atoms with van der Waals surface area (Å²) in [5, 5.41) is 12.5. The summed E-state index contributed by atoms with van der Waals surface area (Å²) in [6.45, 7) is 5.88. The summed E-state index contributed by atoms with van der Waals surface area (Å²) in [7, 11) is 0. The molecule has 8 nitrogen and oxygen atoms in total. The average Bonchev–Trinajstić information content (AvgIpc) is 3.38. The highest BCUT2D eigenvalue weighted by atomic mass is 32.1. The van der Waals surface area contributed by atoms with E-state index in [1.165, 1.54) is 24.4 Å². The van der Waals surface area contributed by atoms with Crippen molar-refractivity contribution in [2.75, 3.05) is 36.9 Å². The number of aryl methyl sites for hydroxylation is 1. The van der Waals surface area contributed by atoms with Crippen molar-refractivity contribution in [3.05, 3.63) is 30.1 Å². The second-order valence-electron chi connectivity index (χ2n) is 7.88. The molecule has 5 rings (SSSR count). The molecule has 0 bridgehead atoms. The van der Waals surface area contributed by atoms with E-state index >= 15 is 0 Å². The smallest absolute Gasteiger partial charge is 0.248 e. The van der Waals surface area contributed by atoms with E-state index in [2.05, 4.69) is 31.1 Å². The maximum Gasteiger partial charge on any atom is 0.248 e. The van der Waals surface area contributed by atoms with Gasteiger partial charge in [0.25, 0.3) is 0 Å². The summed E-state index contributed by atoms with van der Waals surface area (Å²) >= 11 is 1.42. The molecule has 2 fully saturated rings. The molecule has 0 amide bonds. The minimum atomic E-state index is 0.444. The molecule has 3 aromatic rings. The van der Waals surface area contributed by atoms with E-state index < -0.39 is 0 Å². The normalized spacial score (nSPS) is 23.3. The first-order valence-corrected chi connectivity index (χ1v) is 11.2. The molecule has 9 heteroatoms. The number of fused-ring (bicyclic) bond motifs is 1. The van der Waals surface area contributed by atoms with E-state index in [0.717, 1.165) is 61.2 Å². The van der Waals surface area contributed by atoms with Crippen molar-refractivity contribution < 1.29 is 4.74 Å². The van der Waals surface area contributed by atoms with E-state index in [0.29, 0.717) is 18.0 Å². The van der Waals surface area contributed by atoms with Crippen molar-refractivity contribution in [2.45, 2.75) is 44.7 Å². The fourth-order valence-electron chi connectivity index (χ4n) is 4.35. The number of ether oxygens (including phenoxy) is 1. The van der Waals surface area contributed by atoms with Crippen LogP contribution in [0, 0.1) is 6.92 Å². The zero-order chi connectivity index (χ0) is 19.6. The van der Waals surface area contributed by atoms with Crippen LogP contribution < -0.4 is 10.6 Å². The zero-order valence-corrected chi connectivity index (χ0v) is 17.5. The lowest BCUT2D eigenvalue weighted by atomic mass is 9.90. The Morgan fingerprint density at radius 1 is 1.17 bits per heavy atom. The Morgan fingerprint density at radius 3 is 2.76 bits per heavy atom. The fraction of sp³-hybridized carbons (Fsp3) is 0.550. The number of nitrogens with one attached hydrogen (secondary N) is 2. The Balaban J connectivity index is 1.28. The topological polar surface area (TPSA) is 79.6 Å². The molecule has 1 saturated carbocycles. The van der Waals surface area contributed by atoms with Gasteiger partial charge in [-0.05, 0) is 62.3 Å². The van der Waals surface area contributed by atoms with Gasteiger partial charge in [0.05, 0.1) is 18.9 Å². The van der Waals surface area contributed by atoms with Crippen LogP contribution in [0.2, 0.25) is 0 Å². The summed E-state index contributed by atoms with van der Waals surface area (Å²) in [5.41, 5.74) is 2.00. The molecule has 0 unspecified atom stereocenters. The quantitative estimate of drug-likeness (QED) is 0.664. The summed E-state index contributed by atoms with van der Waals surface area (Å²) in [4.78, 5) is 7.38. The van der Waals surface area contributed by atoms with Crippen LogP contribution in [0.15, 0.2) is 24.4 Å². The molecular formula is C20H27N7OS. The third-order valence-corrected chi connectivity index (χ3v) is 6.65. The molecule has 1 aliphatic heterocycles. The van der Waals surface area contributed by atoms with Gasteiger partial charge in [-0.25, -0.2) is 4.52 Å². The number of hydrogen-bond acceptors (Lipinski definition) is 8. The van der Waals surface area contributed by atoms with E-state index in [1.54, 1.807) is 0 Å². The average molecular weight is 414 g/mol. The van der Waals surface area contributed by atoms with Gasteiger partial charge < -0.3 is 15.4 Å². The highest BCUT2D eigenvalue weighted by Gasteiger charge is 2.27. The van der Waals surface area contributed by atoms with Crippen molar-refractivity contribution in [1.82, 2.24) is 23.9 Å². The van der Waals surface area contributed by atoms with Crippen molar-refractivity contribution in [1.29, 1.82) is 0 Å². The Morgan fingerprint density at radius 2 is 2.00 bits per heavy atom. The Labute approximate surface area is 174 Å². The molecule has 154 valence electrons. The number of rotatable bonds is 5. The number of anilines is 3. The third-order valence-electron chi connectivity index (χ3n) is 5.85. The molecule has 0 aromatic carbocycles. The Hall–Kier alpha value is -2.23. The predicted octanol–water partition coefficient (Wildman–Crippen LogP) is 3.29. The van der Waals surface area contributed by atoms with Gasteiger partial charge >= 0.3 is 0 Å². The number of aromatic nitrogens is 4. The van der Waals surface area contributed by atoms with Crippen LogP contribution in [0.1, 0.15) is 31.4 Å². The van der Waals surface area contributed by atoms with Gasteiger partial charge in [0, 0.05) is 31.4 Å². The van der Waals surface area contributed by atoms with Crippen molar-refractivity contribution in [3.8, 4) is 0 Å². The molecule has 1 saturated heterocycles. The van der Waals surface area contributed by atoms with Crippen molar-refractivity contribution >= 4 is 33.8 Å². The van der Waals surface area contributed by atoms with Crippen molar-refractivity contribution in [2.24, 2.45) is 0 Å². The van der Waals surface area contributed by atoms with Gasteiger partial charge in [-0.1, -0.05) is 0 Å². The zero-order valence-electron chi connectivity index (χ0n) is 16.7. The summed E-state index contributed by atoms with van der Waals surface area (Å²) in [5.74, 6) is 1.48. The lowest BCUT2D eigenvalue weighted by Crippen LogP contribution is -2.46. The number of morpholine rings is 1. The van der Waals surface area contributed by atoms with Crippen LogP contribution >= 0.6 is 11.5 Å². The van der Waals surface area contributed by atoms with Gasteiger partial charge in [0.1, 0.15) is 10.5 Å². The molecule has 4 heterocycles. The van der Waals surface area contributed by atoms with Gasteiger partial charge in [-0.2, -0.15) is 9.36 Å². The van der Waals surface area contributed by atoms with E-state index in [4.69, 9.17) is 9.72 Å². The SMILES string of the molecule is Cc1cc(Nc2nc(NC3CCC(N4CCOCC4)CC3)c3cccn3n2)sn1. The molecule has 1 aliphatic carbocycles. The summed E-state index contributed by atoms with van der Waals surface area (Å²) in [6.07, 6.45) is 6.74. The standard InChI is InChI=1S/C20H27N7OS/c1-14-13-18(29-25-14)22-20-23-19(17-3-2-8-27(17)24-20)21-15-4-6-16(7-5-15)26-9-11-28-12-10-26/h2-3,8,13,15-16H,4-7,9-12H2,1H3,(H2,21,22,23,24). The van der Waals surface area contributed by atoms with Crippen LogP contribution in [-0.2, 0) is 4.74 Å². The second-order valence-corrected chi connectivity index (χ2v) is 8.68. The van der Waals surface area contributed by atoms with Crippen LogP contribution in [0.3, 0.4) is 0 Å². The maximum atomic E-state index is 5.50. The monoisotopic (exact) mass is 413 g/mol. The molecule has 29 heavy (non-hydrogen) atoms. The Bertz CT molecular complexity index is 957. The predicted molar refractivity (Wildman–Crippen MR) is 115 cm³/mol. The molecule has 2 N–H and O–H groups in total. The number of nitrogens with zero attached hydrogens (tertiary/aromatic N) is 5. The third kappa shape index (κ3) is 4.22. The first kappa shape index (κ1) is 18.8. The summed E-state index contributed by atoms with van der Waals surface area (Å²) in [6, 6.07) is 7.21. The molecule has 3 aromatic heterocycles. The van der Waals surface area contributed by atoms with Crippen LogP contribution in [0.5, 0.6) is 0 Å². The molecule has 2 aliphatic rings. The highest BCUT2D eigenvalue weighted by molar-refractivity contribution is 7.10. The van der Waals surface area contributed by atoms with Crippen LogP contribution in [0.25, 0.3) is 5.52 Å². The first-order valence-electron chi connectivity index (χ1n) is 10.4. The van der Waals surface area contributed by atoms with Crippen LogP contribution in [-0.4, -0.2) is 62.3 Å². The maximum absolute atomic E-state index is 5.50. The van der Waals surface area contributed by atoms with E-state index in [9.17, 15) is 0 Å². The molecule has 0 radical (unpaired) electrons. The second kappa shape index (κ2) is 8.25. The van der Waals surface area contributed by atoms with E-state index in [-0.39, 0.29) is 0 Å². The highest BCUT2D eigenvalue weighted by Crippen LogP contribution is 2.28. The van der Waals surface area contributed by atoms with Gasteiger partial charge in [0.2, 0.25) is 5.95 Å². The minimum absolute atomic E-state index is 0.444. The fourth-order valence-corrected chi connectivity index (χ4v) is 5.00. The van der Waals surface area contributed by atoms with Crippen LogP contribution in [0.4, 0.5) is 16.8 Å². The molecule has 0 spiro atoms. The lowest BCUT2D eigenvalue weighted by Gasteiger charge is -2.39. The lowest BCUT2D eigenvalue weighted by molar-refractivity contribution is 0.00791. The molecule has 0 atom stereocenters. The largest absolute Gasteiger partial charge is 0.379 e. The van der Waals surface area contributed by atoms with Crippen molar-refractivity contribution in [3.63, 3.8) is 0 Å². The summed E-state index contributed by atoms with van der Waals surface area (Å²) < 4.78 is 11.7. The van der Waals surface area contributed by atoms with Gasteiger partial charge in [-0.3, -0.25) is 4.90 Å². The van der Waals surface area contributed by atoms with Gasteiger partial charge in [0.15, 0.2) is 5.82 Å².